The van der Waals surface area contributed by atoms with E-state index in [0.29, 0.717) is 0 Å². The van der Waals surface area contributed by atoms with E-state index < -0.39 is 59.4 Å². The molecule has 2 aromatic carbocycles. The lowest BCUT2D eigenvalue weighted by molar-refractivity contribution is -0.137. The van der Waals surface area contributed by atoms with Crippen LogP contribution in [0.1, 0.15) is 39.7 Å². The first-order chi connectivity index (χ1) is 19.3. The Balaban J connectivity index is 1.60. The number of halogens is 6. The van der Waals surface area contributed by atoms with Crippen LogP contribution in [0.25, 0.3) is 11.3 Å². The maximum absolute atomic E-state index is 14.9. The molecule has 2 amide bonds. The number of primary amides is 1. The van der Waals surface area contributed by atoms with Gasteiger partial charge in [-0.15, -0.1) is 10.2 Å². The number of carbonyl (C=O) groups is 2. The number of nitrogens with zero attached hydrogens (tertiary/aromatic N) is 3. The lowest BCUT2D eigenvalue weighted by Gasteiger charge is -2.17. The van der Waals surface area contributed by atoms with Gasteiger partial charge in [0, 0.05) is 12.5 Å². The van der Waals surface area contributed by atoms with E-state index in [2.05, 4.69) is 36.4 Å². The Labute approximate surface area is 235 Å². The molecule has 1 unspecified atom stereocenters. The molecule has 11 nitrogen and oxygen atoms in total. The van der Waals surface area contributed by atoms with Gasteiger partial charge in [-0.3, -0.25) is 4.79 Å². The fraction of sp³-hybridized carbons (Fsp3) is 0.208. The fourth-order valence-electron chi connectivity index (χ4n) is 3.37. The van der Waals surface area contributed by atoms with Crippen LogP contribution >= 0.6 is 15.9 Å². The van der Waals surface area contributed by atoms with Crippen molar-refractivity contribution in [1.82, 2.24) is 20.5 Å². The zero-order valence-corrected chi connectivity index (χ0v) is 22.2. The smallest absolute Gasteiger partial charge is 0.416 e. The zero-order valence-electron chi connectivity index (χ0n) is 20.6. The van der Waals surface area contributed by atoms with Crippen LogP contribution in [0, 0.1) is 18.6 Å². The molecule has 216 valence electrons. The standard InChI is InChI=1S/C24H17BrF5N5O6/c1-10-34-35-16(39-10)8-32-23(37)38-9-15(40-14-7-6-13(26)17(18(14)27)21(31)36)22-33-19(20(25)41-22)11-2-4-12(5-3-11)24(28,29)30/h2-7,15H,8-9H2,1H3,(H2,31,36)(H,32,37). The van der Waals surface area contributed by atoms with Gasteiger partial charge in [0.2, 0.25) is 23.8 Å². The van der Waals surface area contributed by atoms with E-state index in [4.69, 9.17) is 24.0 Å². The van der Waals surface area contributed by atoms with Crippen molar-refractivity contribution in [3.8, 4) is 17.0 Å². The summed E-state index contributed by atoms with van der Waals surface area (Å²) in [4.78, 5) is 28.0. The van der Waals surface area contributed by atoms with Crippen LogP contribution in [-0.4, -0.2) is 33.8 Å². The number of aromatic nitrogens is 3. The number of hydrogen-bond donors (Lipinski definition) is 2. The van der Waals surface area contributed by atoms with Crippen LogP contribution in [0.3, 0.4) is 0 Å². The molecule has 0 fully saturated rings. The Morgan fingerprint density at radius 1 is 1.10 bits per heavy atom. The molecule has 3 N–H and O–H groups in total. The van der Waals surface area contributed by atoms with Crippen LogP contribution in [0.15, 0.2) is 49.9 Å². The summed E-state index contributed by atoms with van der Waals surface area (Å²) in [5.41, 5.74) is 3.33. The molecule has 0 radical (unpaired) electrons. The third-order valence-electron chi connectivity index (χ3n) is 5.25. The first-order valence-corrected chi connectivity index (χ1v) is 12.1. The van der Waals surface area contributed by atoms with E-state index in [-0.39, 0.29) is 40.1 Å². The molecular weight excluding hydrogens is 629 g/mol. The number of aryl methyl sites for hydroxylation is 1. The van der Waals surface area contributed by atoms with Crippen LogP contribution in [0.4, 0.5) is 26.7 Å². The van der Waals surface area contributed by atoms with Crippen LogP contribution in [0.5, 0.6) is 5.75 Å². The van der Waals surface area contributed by atoms with Crippen molar-refractivity contribution in [2.45, 2.75) is 25.7 Å². The summed E-state index contributed by atoms with van der Waals surface area (Å²) in [7, 11) is 0. The predicted molar refractivity (Wildman–Crippen MR) is 130 cm³/mol. The maximum Gasteiger partial charge on any atom is 0.416 e. The minimum absolute atomic E-state index is 0.0379. The van der Waals surface area contributed by atoms with Gasteiger partial charge < -0.3 is 29.4 Å². The number of benzene rings is 2. The minimum atomic E-state index is -4.56. The third-order valence-corrected chi connectivity index (χ3v) is 5.79. The van der Waals surface area contributed by atoms with Crippen molar-refractivity contribution in [3.63, 3.8) is 0 Å². The monoisotopic (exact) mass is 645 g/mol. The van der Waals surface area contributed by atoms with E-state index in [9.17, 15) is 31.5 Å². The van der Waals surface area contributed by atoms with Gasteiger partial charge in [0.05, 0.1) is 12.1 Å². The van der Waals surface area contributed by atoms with Crippen molar-refractivity contribution in [1.29, 1.82) is 0 Å². The summed E-state index contributed by atoms with van der Waals surface area (Å²) in [5, 5.41) is 9.64. The predicted octanol–water partition coefficient (Wildman–Crippen LogP) is 5.24. The number of oxazole rings is 1. The third kappa shape index (κ3) is 6.97. The van der Waals surface area contributed by atoms with E-state index in [1.54, 1.807) is 6.92 Å². The molecule has 2 heterocycles. The number of hydrogen-bond acceptors (Lipinski definition) is 9. The van der Waals surface area contributed by atoms with Crippen molar-refractivity contribution >= 4 is 27.9 Å². The molecule has 41 heavy (non-hydrogen) atoms. The first-order valence-electron chi connectivity index (χ1n) is 11.3. The molecule has 0 aliphatic heterocycles. The molecule has 1 atom stereocenters. The van der Waals surface area contributed by atoms with E-state index in [0.717, 1.165) is 36.4 Å². The number of ether oxygens (including phenoxy) is 2. The summed E-state index contributed by atoms with van der Waals surface area (Å²) >= 11 is 3.12. The highest BCUT2D eigenvalue weighted by atomic mass is 79.9. The molecule has 0 aliphatic rings. The van der Waals surface area contributed by atoms with E-state index in [1.807, 2.05) is 0 Å². The summed E-state index contributed by atoms with van der Waals surface area (Å²) in [6.45, 7) is 0.682. The van der Waals surface area contributed by atoms with E-state index >= 15 is 0 Å². The molecule has 0 saturated carbocycles. The summed E-state index contributed by atoms with van der Waals surface area (Å²) in [6.07, 6.45) is -7.07. The number of amides is 2. The lowest BCUT2D eigenvalue weighted by Crippen LogP contribution is -2.27. The van der Waals surface area contributed by atoms with Gasteiger partial charge in [-0.2, -0.15) is 13.2 Å². The van der Waals surface area contributed by atoms with Gasteiger partial charge >= 0.3 is 12.3 Å². The Hall–Kier alpha value is -4.54. The Kier molecular flexibility index (Phi) is 8.55. The maximum atomic E-state index is 14.9. The second-order valence-electron chi connectivity index (χ2n) is 8.12. The number of alkyl halides is 3. The van der Waals surface area contributed by atoms with Gasteiger partial charge in [-0.05, 0) is 40.2 Å². The number of rotatable bonds is 9. The highest BCUT2D eigenvalue weighted by Gasteiger charge is 2.31. The van der Waals surface area contributed by atoms with Crippen molar-refractivity contribution in [2.24, 2.45) is 5.73 Å². The molecule has 0 bridgehead atoms. The first kappa shape index (κ1) is 29.4. The Morgan fingerprint density at radius 2 is 1.80 bits per heavy atom. The van der Waals surface area contributed by atoms with E-state index in [1.165, 1.54) is 0 Å². The van der Waals surface area contributed by atoms with Crippen LogP contribution in [0.2, 0.25) is 0 Å². The summed E-state index contributed by atoms with van der Waals surface area (Å²) in [6, 6.07) is 5.55. The van der Waals surface area contributed by atoms with Gasteiger partial charge in [-0.25, -0.2) is 18.6 Å². The molecule has 4 aromatic rings. The normalized spacial score (nSPS) is 12.2. The number of nitrogens with two attached hydrogens (primary N) is 1. The topological polar surface area (TPSA) is 156 Å². The molecule has 0 spiro atoms. The highest BCUT2D eigenvalue weighted by molar-refractivity contribution is 9.10. The van der Waals surface area contributed by atoms with Crippen LogP contribution < -0.4 is 15.8 Å². The second kappa shape index (κ2) is 11.9. The average molecular weight is 646 g/mol. The van der Waals surface area contributed by atoms with Gasteiger partial charge in [0.25, 0.3) is 5.91 Å². The van der Waals surface area contributed by atoms with Gasteiger partial charge in [0.15, 0.2) is 16.2 Å². The van der Waals surface area contributed by atoms with Crippen LogP contribution in [-0.2, 0) is 17.5 Å². The molecule has 4 rings (SSSR count). The summed E-state index contributed by atoms with van der Waals surface area (Å²) < 4.78 is 89.0. The molecule has 0 aliphatic carbocycles. The van der Waals surface area contributed by atoms with Crippen molar-refractivity contribution in [3.05, 3.63) is 81.5 Å². The molecule has 2 aromatic heterocycles. The minimum Gasteiger partial charge on any atom is -0.474 e. The SMILES string of the molecule is Cc1nnc(CNC(=O)OCC(Oc2ccc(F)c(C(N)=O)c2F)c2nc(-c3ccc(C(F)(F)F)cc3)c(Br)o2)o1. The number of nitrogens with one attached hydrogen (secondary N) is 1. The summed E-state index contributed by atoms with van der Waals surface area (Å²) in [5.74, 6) is -4.73. The largest absolute Gasteiger partial charge is 0.474 e. The Morgan fingerprint density at radius 3 is 2.41 bits per heavy atom. The van der Waals surface area contributed by atoms with Gasteiger partial charge in [-0.1, -0.05) is 12.1 Å². The quantitative estimate of drug-likeness (QED) is 0.232. The lowest BCUT2D eigenvalue weighted by atomic mass is 10.1. The van der Waals surface area contributed by atoms with Crippen molar-refractivity contribution < 1.29 is 49.8 Å². The number of carbonyl (C=O) groups excluding carboxylic acids is 2. The zero-order chi connectivity index (χ0) is 29.9. The number of alkyl carbamates (subject to hydrolysis) is 1. The highest BCUT2D eigenvalue weighted by Crippen LogP contribution is 2.36. The Bertz CT molecular complexity index is 1570. The molecule has 17 heteroatoms. The fourth-order valence-corrected chi connectivity index (χ4v) is 3.85. The van der Waals surface area contributed by atoms with Gasteiger partial charge in [0.1, 0.15) is 23.7 Å². The molecular formula is C24H17BrF5N5O6. The second-order valence-corrected chi connectivity index (χ2v) is 8.84. The molecule has 0 saturated heterocycles. The van der Waals surface area contributed by atoms with Crippen molar-refractivity contribution in [2.75, 3.05) is 6.61 Å². The average Bonchev–Trinajstić information content (AvgIpc) is 3.50.